The molecule has 2 aromatic rings. The van der Waals surface area contributed by atoms with Crippen LogP contribution in [0.4, 0.5) is 0 Å². The molecule has 0 atom stereocenters. The van der Waals surface area contributed by atoms with Crippen LogP contribution in [0.5, 0.6) is 0 Å². The Labute approximate surface area is 162 Å². The second-order valence-corrected chi connectivity index (χ2v) is 7.77. The average molecular weight is 372 g/mol. The maximum absolute atomic E-state index is 12.1. The van der Waals surface area contributed by atoms with Crippen LogP contribution >= 0.6 is 0 Å². The third-order valence-corrected chi connectivity index (χ3v) is 5.87. The summed E-state index contributed by atoms with van der Waals surface area (Å²) in [7, 11) is 0. The van der Waals surface area contributed by atoms with Crippen molar-refractivity contribution in [3.63, 3.8) is 0 Å². The highest BCUT2D eigenvalue weighted by Gasteiger charge is 2.21. The van der Waals surface area contributed by atoms with Crippen LogP contribution in [0.15, 0.2) is 12.1 Å². The zero-order valence-electron chi connectivity index (χ0n) is 17.0. The molecule has 27 heavy (non-hydrogen) atoms. The van der Waals surface area contributed by atoms with Gasteiger partial charge >= 0.3 is 5.97 Å². The largest absolute Gasteiger partial charge is 0.461 e. The maximum Gasteiger partial charge on any atom is 0.358 e. The molecule has 0 amide bonds. The first-order valence-electron chi connectivity index (χ1n) is 10.7. The van der Waals surface area contributed by atoms with E-state index in [0.717, 1.165) is 36.5 Å². The molecule has 2 heterocycles. The van der Waals surface area contributed by atoms with Gasteiger partial charge in [0.1, 0.15) is 0 Å². The normalized spacial score (nSPS) is 16.0. The summed E-state index contributed by atoms with van der Waals surface area (Å²) < 4.78 is 7.00. The summed E-state index contributed by atoms with van der Waals surface area (Å²) in [5.74, 6) is 0.770. The SMILES string of the molecule is CCOC(=O)c1cc2nc(CC3CCCCCC3)cc(C(CC)CC)n2n1. The summed E-state index contributed by atoms with van der Waals surface area (Å²) in [4.78, 5) is 17.0. The fraction of sp³-hybridized carbons (Fsp3) is 0.682. The number of hydrogen-bond acceptors (Lipinski definition) is 4. The van der Waals surface area contributed by atoms with Gasteiger partial charge in [-0.05, 0) is 38.2 Å². The van der Waals surface area contributed by atoms with E-state index in [-0.39, 0.29) is 5.97 Å². The molecule has 1 aliphatic rings. The van der Waals surface area contributed by atoms with Gasteiger partial charge in [-0.3, -0.25) is 0 Å². The topological polar surface area (TPSA) is 56.5 Å². The molecule has 0 aromatic carbocycles. The quantitative estimate of drug-likeness (QED) is 0.488. The van der Waals surface area contributed by atoms with Crippen LogP contribution in [0.3, 0.4) is 0 Å². The van der Waals surface area contributed by atoms with E-state index in [9.17, 15) is 4.79 Å². The minimum atomic E-state index is -0.371. The highest BCUT2D eigenvalue weighted by Crippen LogP contribution is 2.29. The minimum absolute atomic E-state index is 0.350. The molecular weight excluding hydrogens is 338 g/mol. The number of carbonyl (C=O) groups excluding carboxylic acids is 1. The summed E-state index contributed by atoms with van der Waals surface area (Å²) in [6, 6.07) is 4.01. The number of esters is 1. The number of aromatic nitrogens is 3. The van der Waals surface area contributed by atoms with Crippen molar-refractivity contribution in [3.05, 3.63) is 29.2 Å². The smallest absolute Gasteiger partial charge is 0.358 e. The zero-order valence-corrected chi connectivity index (χ0v) is 17.0. The van der Waals surface area contributed by atoms with Crippen molar-refractivity contribution in [3.8, 4) is 0 Å². The van der Waals surface area contributed by atoms with Crippen molar-refractivity contribution in [1.29, 1.82) is 0 Å². The lowest BCUT2D eigenvalue weighted by Gasteiger charge is -2.18. The van der Waals surface area contributed by atoms with Gasteiger partial charge in [-0.15, -0.1) is 0 Å². The van der Waals surface area contributed by atoms with E-state index >= 15 is 0 Å². The Morgan fingerprint density at radius 1 is 1.15 bits per heavy atom. The first kappa shape index (κ1) is 19.8. The van der Waals surface area contributed by atoms with E-state index in [1.807, 2.05) is 11.4 Å². The Hall–Kier alpha value is -1.91. The molecule has 148 valence electrons. The first-order valence-corrected chi connectivity index (χ1v) is 10.7. The molecule has 5 nitrogen and oxygen atoms in total. The lowest BCUT2D eigenvalue weighted by Crippen LogP contribution is -2.11. The van der Waals surface area contributed by atoms with E-state index in [4.69, 9.17) is 9.72 Å². The predicted molar refractivity (Wildman–Crippen MR) is 107 cm³/mol. The Kier molecular flexibility index (Phi) is 6.86. The van der Waals surface area contributed by atoms with E-state index in [1.165, 1.54) is 44.2 Å². The zero-order chi connectivity index (χ0) is 19.2. The van der Waals surface area contributed by atoms with Gasteiger partial charge in [0.05, 0.1) is 6.61 Å². The predicted octanol–water partition coefficient (Wildman–Crippen LogP) is 5.32. The third-order valence-electron chi connectivity index (χ3n) is 5.87. The van der Waals surface area contributed by atoms with Crippen molar-refractivity contribution in [2.24, 2.45) is 5.92 Å². The average Bonchev–Trinajstić information content (AvgIpc) is 2.93. The van der Waals surface area contributed by atoms with Crippen LogP contribution in [-0.2, 0) is 11.2 Å². The summed E-state index contributed by atoms with van der Waals surface area (Å²) in [5.41, 5.74) is 3.44. The standard InChI is InChI=1S/C22H33N3O2/c1-4-17(5-2)20-14-18(13-16-11-9-7-8-10-12-16)23-21-15-19(24-25(20)21)22(26)27-6-3/h14-17H,4-13H2,1-3H3. The fourth-order valence-electron chi connectivity index (χ4n) is 4.32. The van der Waals surface area contributed by atoms with Crippen molar-refractivity contribution < 1.29 is 9.53 Å². The summed E-state index contributed by atoms with van der Waals surface area (Å²) >= 11 is 0. The maximum atomic E-state index is 12.1. The van der Waals surface area contributed by atoms with Crippen LogP contribution < -0.4 is 0 Å². The second kappa shape index (κ2) is 9.34. The molecule has 0 aliphatic heterocycles. The summed E-state index contributed by atoms with van der Waals surface area (Å²) in [5, 5.41) is 4.53. The van der Waals surface area contributed by atoms with E-state index in [1.54, 1.807) is 6.07 Å². The van der Waals surface area contributed by atoms with Crippen LogP contribution in [0, 0.1) is 5.92 Å². The number of fused-ring (bicyclic) bond motifs is 1. The van der Waals surface area contributed by atoms with Crippen molar-refractivity contribution in [2.45, 2.75) is 84.5 Å². The van der Waals surface area contributed by atoms with Crippen LogP contribution in [-0.4, -0.2) is 27.2 Å². The van der Waals surface area contributed by atoms with Crippen LogP contribution in [0.2, 0.25) is 0 Å². The highest BCUT2D eigenvalue weighted by molar-refractivity contribution is 5.88. The van der Waals surface area contributed by atoms with Crippen LogP contribution in [0.25, 0.3) is 5.65 Å². The molecule has 0 unspecified atom stereocenters. The van der Waals surface area contributed by atoms with Gasteiger partial charge in [-0.1, -0.05) is 52.4 Å². The van der Waals surface area contributed by atoms with E-state index in [2.05, 4.69) is 25.0 Å². The number of carbonyl (C=O) groups is 1. The van der Waals surface area contributed by atoms with E-state index < -0.39 is 0 Å². The minimum Gasteiger partial charge on any atom is -0.461 e. The molecule has 1 saturated carbocycles. The molecule has 0 N–H and O–H groups in total. The van der Waals surface area contributed by atoms with Crippen molar-refractivity contribution in [1.82, 2.24) is 14.6 Å². The Morgan fingerprint density at radius 2 is 1.85 bits per heavy atom. The van der Waals surface area contributed by atoms with Gasteiger partial charge in [0.2, 0.25) is 0 Å². The molecule has 0 bridgehead atoms. The molecule has 5 heteroatoms. The molecule has 3 rings (SSSR count). The monoisotopic (exact) mass is 371 g/mol. The Morgan fingerprint density at radius 3 is 2.48 bits per heavy atom. The lowest BCUT2D eigenvalue weighted by molar-refractivity contribution is 0.0519. The fourth-order valence-corrected chi connectivity index (χ4v) is 4.32. The molecule has 0 radical (unpaired) electrons. The van der Waals surface area contributed by atoms with E-state index in [0.29, 0.717) is 18.2 Å². The van der Waals surface area contributed by atoms with Crippen molar-refractivity contribution in [2.75, 3.05) is 6.61 Å². The summed E-state index contributed by atoms with van der Waals surface area (Å²) in [6.45, 7) is 6.58. The lowest BCUT2D eigenvalue weighted by atomic mass is 9.93. The molecule has 1 fully saturated rings. The molecule has 1 aliphatic carbocycles. The Balaban J connectivity index is 1.97. The highest BCUT2D eigenvalue weighted by atomic mass is 16.5. The molecule has 0 spiro atoms. The number of ether oxygens (including phenoxy) is 1. The number of nitrogens with zero attached hydrogens (tertiary/aromatic N) is 3. The van der Waals surface area contributed by atoms with Gasteiger partial charge in [0, 0.05) is 23.4 Å². The molecule has 2 aromatic heterocycles. The molecule has 0 saturated heterocycles. The van der Waals surface area contributed by atoms with Crippen molar-refractivity contribution >= 4 is 11.6 Å². The summed E-state index contributed by atoms with van der Waals surface area (Å²) in [6.07, 6.45) is 11.2. The van der Waals surface area contributed by atoms with Gasteiger partial charge < -0.3 is 4.74 Å². The first-order chi connectivity index (χ1) is 13.2. The van der Waals surface area contributed by atoms with Gasteiger partial charge in [0.15, 0.2) is 11.3 Å². The van der Waals surface area contributed by atoms with Gasteiger partial charge in [-0.25, -0.2) is 14.3 Å². The second-order valence-electron chi connectivity index (χ2n) is 7.77. The number of hydrogen-bond donors (Lipinski definition) is 0. The third kappa shape index (κ3) is 4.69. The van der Waals surface area contributed by atoms with Gasteiger partial charge in [0.25, 0.3) is 0 Å². The van der Waals surface area contributed by atoms with Gasteiger partial charge in [-0.2, -0.15) is 5.10 Å². The number of rotatable bonds is 7. The van der Waals surface area contributed by atoms with Crippen LogP contribution in [0.1, 0.15) is 99.9 Å². The Bertz CT molecular complexity index is 756. The molecular formula is C22H33N3O2.